The fourth-order valence-electron chi connectivity index (χ4n) is 2.44. The van der Waals surface area contributed by atoms with Gasteiger partial charge in [-0.2, -0.15) is 0 Å². The van der Waals surface area contributed by atoms with E-state index in [2.05, 4.69) is 5.32 Å². The standard InChI is InChI=1S/C21H25NO6/c1-4-25-17-12-15(13-18(26-5-2)20(17)27-6-3)21(24)28-14-19(23)22-16-10-8-7-9-11-16/h7-13H,4-6,14H2,1-3H3,(H,22,23). The van der Waals surface area contributed by atoms with Gasteiger partial charge in [-0.3, -0.25) is 4.79 Å². The predicted octanol–water partition coefficient (Wildman–Crippen LogP) is 3.68. The Balaban J connectivity index is 2.11. The molecule has 0 aliphatic carbocycles. The number of carbonyl (C=O) groups is 2. The molecule has 28 heavy (non-hydrogen) atoms. The Morgan fingerprint density at radius 3 is 1.96 bits per heavy atom. The zero-order chi connectivity index (χ0) is 20.4. The van der Waals surface area contributed by atoms with Gasteiger partial charge in [0.15, 0.2) is 18.1 Å². The molecule has 0 saturated heterocycles. The van der Waals surface area contributed by atoms with Crippen molar-refractivity contribution < 1.29 is 28.5 Å². The van der Waals surface area contributed by atoms with Crippen molar-refractivity contribution in [2.24, 2.45) is 0 Å². The number of hydrogen-bond donors (Lipinski definition) is 1. The number of amides is 1. The van der Waals surface area contributed by atoms with E-state index in [4.69, 9.17) is 18.9 Å². The van der Waals surface area contributed by atoms with Crippen molar-refractivity contribution in [3.05, 3.63) is 48.0 Å². The van der Waals surface area contributed by atoms with Crippen molar-refractivity contribution in [1.82, 2.24) is 0 Å². The average Bonchev–Trinajstić information content (AvgIpc) is 2.69. The summed E-state index contributed by atoms with van der Waals surface area (Å²) < 4.78 is 21.9. The molecule has 0 atom stereocenters. The Kier molecular flexibility index (Phi) is 8.14. The summed E-state index contributed by atoms with van der Waals surface area (Å²) in [5.41, 5.74) is 0.838. The largest absolute Gasteiger partial charge is 0.490 e. The van der Waals surface area contributed by atoms with Crippen LogP contribution in [0.15, 0.2) is 42.5 Å². The summed E-state index contributed by atoms with van der Waals surface area (Å²) in [6, 6.07) is 12.0. The van der Waals surface area contributed by atoms with Gasteiger partial charge < -0.3 is 24.3 Å². The number of hydrogen-bond acceptors (Lipinski definition) is 6. The molecule has 2 aromatic rings. The SMILES string of the molecule is CCOc1cc(C(=O)OCC(=O)Nc2ccccc2)cc(OCC)c1OCC. The van der Waals surface area contributed by atoms with Crippen LogP contribution < -0.4 is 19.5 Å². The first kappa shape index (κ1) is 21.1. The van der Waals surface area contributed by atoms with Crippen LogP contribution in [0.1, 0.15) is 31.1 Å². The Hall–Kier alpha value is -3.22. The monoisotopic (exact) mass is 387 g/mol. The van der Waals surface area contributed by atoms with Gasteiger partial charge in [0, 0.05) is 5.69 Å². The highest BCUT2D eigenvalue weighted by Gasteiger charge is 2.19. The van der Waals surface area contributed by atoms with Crippen LogP contribution in [0.3, 0.4) is 0 Å². The highest BCUT2D eigenvalue weighted by Crippen LogP contribution is 2.39. The van der Waals surface area contributed by atoms with E-state index >= 15 is 0 Å². The zero-order valence-electron chi connectivity index (χ0n) is 16.3. The molecule has 0 heterocycles. The van der Waals surface area contributed by atoms with Crippen LogP contribution in [0, 0.1) is 0 Å². The van der Waals surface area contributed by atoms with Crippen LogP contribution in [0.5, 0.6) is 17.2 Å². The van der Waals surface area contributed by atoms with Crippen molar-refractivity contribution in [3.8, 4) is 17.2 Å². The molecule has 7 nitrogen and oxygen atoms in total. The quantitative estimate of drug-likeness (QED) is 0.626. The van der Waals surface area contributed by atoms with Gasteiger partial charge in [0.2, 0.25) is 5.75 Å². The van der Waals surface area contributed by atoms with Gasteiger partial charge in [-0.25, -0.2) is 4.79 Å². The zero-order valence-corrected chi connectivity index (χ0v) is 16.3. The molecule has 0 bridgehead atoms. The first-order valence-electron chi connectivity index (χ1n) is 9.17. The topological polar surface area (TPSA) is 83.1 Å². The number of esters is 1. The van der Waals surface area contributed by atoms with Gasteiger partial charge in [-0.05, 0) is 45.0 Å². The summed E-state index contributed by atoms with van der Waals surface area (Å²) in [6.45, 7) is 6.30. The summed E-state index contributed by atoms with van der Waals surface area (Å²) in [7, 11) is 0. The number of para-hydroxylation sites is 1. The molecule has 0 fully saturated rings. The van der Waals surface area contributed by atoms with Gasteiger partial charge in [-0.15, -0.1) is 0 Å². The van der Waals surface area contributed by atoms with E-state index < -0.39 is 18.5 Å². The third kappa shape index (κ3) is 5.90. The Labute approximate surface area is 164 Å². The van der Waals surface area contributed by atoms with Crippen molar-refractivity contribution >= 4 is 17.6 Å². The summed E-state index contributed by atoms with van der Waals surface area (Å²) in [5, 5.41) is 2.65. The number of rotatable bonds is 10. The van der Waals surface area contributed by atoms with E-state index in [9.17, 15) is 9.59 Å². The first-order valence-corrected chi connectivity index (χ1v) is 9.17. The van der Waals surface area contributed by atoms with Crippen LogP contribution in [-0.4, -0.2) is 38.3 Å². The lowest BCUT2D eigenvalue weighted by molar-refractivity contribution is -0.119. The maximum absolute atomic E-state index is 12.4. The molecule has 0 aromatic heterocycles. The molecule has 7 heteroatoms. The third-order valence-corrected chi connectivity index (χ3v) is 3.54. The molecule has 0 aliphatic rings. The van der Waals surface area contributed by atoms with Crippen molar-refractivity contribution in [2.75, 3.05) is 31.7 Å². The minimum atomic E-state index is -0.659. The lowest BCUT2D eigenvalue weighted by atomic mass is 10.2. The number of nitrogens with one attached hydrogen (secondary N) is 1. The van der Waals surface area contributed by atoms with Gasteiger partial charge in [-0.1, -0.05) is 18.2 Å². The van der Waals surface area contributed by atoms with Crippen molar-refractivity contribution in [2.45, 2.75) is 20.8 Å². The summed E-state index contributed by atoms with van der Waals surface area (Å²) in [4.78, 5) is 24.4. The summed E-state index contributed by atoms with van der Waals surface area (Å²) in [6.07, 6.45) is 0. The summed E-state index contributed by atoms with van der Waals surface area (Å²) in [5.74, 6) is 0.116. The molecule has 0 unspecified atom stereocenters. The Morgan fingerprint density at radius 2 is 1.43 bits per heavy atom. The lowest BCUT2D eigenvalue weighted by Crippen LogP contribution is -2.21. The fourth-order valence-corrected chi connectivity index (χ4v) is 2.44. The molecule has 1 amide bonds. The second kappa shape index (κ2) is 10.8. The maximum Gasteiger partial charge on any atom is 0.338 e. The molecule has 0 spiro atoms. The Morgan fingerprint density at radius 1 is 0.857 bits per heavy atom. The van der Waals surface area contributed by atoms with E-state index in [1.165, 1.54) is 12.1 Å². The van der Waals surface area contributed by atoms with Crippen LogP contribution in [0.2, 0.25) is 0 Å². The maximum atomic E-state index is 12.4. The van der Waals surface area contributed by atoms with Crippen molar-refractivity contribution in [1.29, 1.82) is 0 Å². The number of carbonyl (C=O) groups excluding carboxylic acids is 2. The van der Waals surface area contributed by atoms with Gasteiger partial charge in [0.25, 0.3) is 5.91 Å². The van der Waals surface area contributed by atoms with Gasteiger partial charge >= 0.3 is 5.97 Å². The summed E-state index contributed by atoms with van der Waals surface area (Å²) >= 11 is 0. The molecule has 0 saturated carbocycles. The molecular formula is C21H25NO6. The molecular weight excluding hydrogens is 362 g/mol. The van der Waals surface area contributed by atoms with Gasteiger partial charge in [0.05, 0.1) is 25.4 Å². The van der Waals surface area contributed by atoms with Crippen LogP contribution in [-0.2, 0) is 9.53 Å². The molecule has 150 valence electrons. The molecule has 0 radical (unpaired) electrons. The highest BCUT2D eigenvalue weighted by molar-refractivity contribution is 5.96. The van der Waals surface area contributed by atoms with Gasteiger partial charge in [0.1, 0.15) is 0 Å². The lowest BCUT2D eigenvalue weighted by Gasteiger charge is -2.16. The van der Waals surface area contributed by atoms with Crippen molar-refractivity contribution in [3.63, 3.8) is 0 Å². The smallest absolute Gasteiger partial charge is 0.338 e. The van der Waals surface area contributed by atoms with Crippen LogP contribution >= 0.6 is 0 Å². The average molecular weight is 387 g/mol. The normalized spacial score (nSPS) is 10.1. The van der Waals surface area contributed by atoms with Crippen LogP contribution in [0.4, 0.5) is 5.69 Å². The number of ether oxygens (including phenoxy) is 4. The second-order valence-corrected chi connectivity index (χ2v) is 5.59. The minimum Gasteiger partial charge on any atom is -0.490 e. The van der Waals surface area contributed by atoms with Crippen LogP contribution in [0.25, 0.3) is 0 Å². The molecule has 2 rings (SSSR count). The minimum absolute atomic E-state index is 0.211. The molecule has 0 aliphatic heterocycles. The number of benzene rings is 2. The predicted molar refractivity (Wildman–Crippen MR) is 105 cm³/mol. The van der Waals surface area contributed by atoms with E-state index in [1.54, 1.807) is 24.3 Å². The molecule has 2 aromatic carbocycles. The highest BCUT2D eigenvalue weighted by atomic mass is 16.5. The van der Waals surface area contributed by atoms with E-state index in [-0.39, 0.29) is 5.56 Å². The second-order valence-electron chi connectivity index (χ2n) is 5.59. The first-order chi connectivity index (χ1) is 13.6. The molecule has 1 N–H and O–H groups in total. The van der Waals surface area contributed by atoms with E-state index in [0.29, 0.717) is 42.8 Å². The van der Waals surface area contributed by atoms with E-state index in [0.717, 1.165) is 0 Å². The number of anilines is 1. The van der Waals surface area contributed by atoms with E-state index in [1.807, 2.05) is 26.8 Å². The fraction of sp³-hybridized carbons (Fsp3) is 0.333. The third-order valence-electron chi connectivity index (χ3n) is 3.54. The Bertz CT molecular complexity index is 764.